The molecule has 1 N–H and O–H groups in total. The van der Waals surface area contributed by atoms with Crippen molar-refractivity contribution in [3.63, 3.8) is 0 Å². The number of amides is 1. The van der Waals surface area contributed by atoms with Crippen molar-refractivity contribution >= 4 is 38.6 Å². The summed E-state index contributed by atoms with van der Waals surface area (Å²) in [5.74, 6) is -0.274. The monoisotopic (exact) mass is 374 g/mol. The normalized spacial score (nSPS) is 16.1. The van der Waals surface area contributed by atoms with E-state index in [2.05, 4.69) is 21.1 Å². The van der Waals surface area contributed by atoms with Gasteiger partial charge in [-0.3, -0.25) is 9.59 Å². The highest BCUT2D eigenvalue weighted by molar-refractivity contribution is 6.19. The minimum atomic E-state index is -0.595. The van der Waals surface area contributed by atoms with Crippen LogP contribution in [0.5, 0.6) is 0 Å². The molecule has 0 saturated carbocycles. The van der Waals surface area contributed by atoms with Gasteiger partial charge in [-0.05, 0) is 17.4 Å². The topological polar surface area (TPSA) is 108 Å². The van der Waals surface area contributed by atoms with Crippen molar-refractivity contribution in [1.82, 2.24) is 24.6 Å². The third-order valence-corrected chi connectivity index (χ3v) is 5.64. The molecule has 1 aliphatic rings. The van der Waals surface area contributed by atoms with Gasteiger partial charge in [0.25, 0.3) is 0 Å². The molecule has 0 radical (unpaired) electrons. The van der Waals surface area contributed by atoms with Gasteiger partial charge in [0, 0.05) is 36.3 Å². The molecule has 0 spiro atoms. The van der Waals surface area contributed by atoms with E-state index in [-0.39, 0.29) is 23.2 Å². The predicted octanol–water partition coefficient (Wildman–Crippen LogP) is 2.04. The number of likely N-dealkylation sites (tertiary alicyclic amines) is 1. The van der Waals surface area contributed by atoms with E-state index in [9.17, 15) is 9.59 Å². The molecule has 28 heavy (non-hydrogen) atoms. The van der Waals surface area contributed by atoms with Crippen LogP contribution in [0, 0.1) is 23.2 Å². The minimum Gasteiger partial charge on any atom is -0.346 e. The molecule has 1 aromatic carbocycles. The van der Waals surface area contributed by atoms with E-state index in [1.54, 1.807) is 28.2 Å². The number of nitrogens with one attached hydrogen (secondary N) is 1. The molecule has 8 heteroatoms. The minimum absolute atomic E-state index is 0.0613. The van der Waals surface area contributed by atoms with E-state index < -0.39 is 6.04 Å². The molecule has 1 aliphatic heterocycles. The van der Waals surface area contributed by atoms with Crippen molar-refractivity contribution in [3.05, 3.63) is 34.9 Å². The van der Waals surface area contributed by atoms with Crippen LogP contribution in [0.25, 0.3) is 32.7 Å². The molecule has 0 bridgehead atoms. The summed E-state index contributed by atoms with van der Waals surface area (Å²) in [6.45, 7) is 4.75. The Bertz CT molecular complexity index is 1320. The smallest absolute Gasteiger partial charge is 0.247 e. The molecule has 140 valence electrons. The van der Waals surface area contributed by atoms with Crippen LogP contribution in [0.15, 0.2) is 29.5 Å². The maximum Gasteiger partial charge on any atom is 0.247 e. The number of fused-ring (bicyclic) bond motifs is 2. The van der Waals surface area contributed by atoms with Crippen LogP contribution in [-0.2, 0) is 4.79 Å². The van der Waals surface area contributed by atoms with Crippen molar-refractivity contribution in [2.45, 2.75) is 19.9 Å². The number of carbonyl (C=O) groups excluding carboxylic acids is 1. The number of carbonyl (C=O) groups is 1. The molecule has 1 atom stereocenters. The Morgan fingerprint density at radius 1 is 1.29 bits per heavy atom. The van der Waals surface area contributed by atoms with Crippen molar-refractivity contribution in [2.24, 2.45) is 11.8 Å². The first-order chi connectivity index (χ1) is 13.5. The number of aromatic nitrogens is 4. The molecule has 1 unspecified atom stereocenters. The van der Waals surface area contributed by atoms with Gasteiger partial charge in [0.2, 0.25) is 11.3 Å². The third-order valence-electron chi connectivity index (χ3n) is 5.64. The Labute approximate surface area is 159 Å². The van der Waals surface area contributed by atoms with E-state index >= 15 is 0 Å². The van der Waals surface area contributed by atoms with Gasteiger partial charge in [0.1, 0.15) is 17.2 Å². The number of rotatable bonds is 3. The number of pyridine rings is 1. The van der Waals surface area contributed by atoms with E-state index in [1.165, 1.54) is 0 Å². The van der Waals surface area contributed by atoms with Crippen LogP contribution in [0.2, 0.25) is 0 Å². The molecule has 4 heterocycles. The largest absolute Gasteiger partial charge is 0.346 e. The summed E-state index contributed by atoms with van der Waals surface area (Å²) >= 11 is 0. The number of hydrogen-bond donors (Lipinski definition) is 1. The summed E-state index contributed by atoms with van der Waals surface area (Å²) in [5.41, 5.74) is 0.926. The first kappa shape index (κ1) is 16.7. The van der Waals surface area contributed by atoms with Gasteiger partial charge >= 0.3 is 0 Å². The van der Waals surface area contributed by atoms with Gasteiger partial charge in [-0.15, -0.1) is 0 Å². The molecule has 1 fully saturated rings. The first-order valence-corrected chi connectivity index (χ1v) is 9.28. The van der Waals surface area contributed by atoms with Gasteiger partial charge in [0.15, 0.2) is 0 Å². The lowest BCUT2D eigenvalue weighted by Gasteiger charge is -2.38. The number of hydrogen-bond acceptors (Lipinski definition) is 5. The van der Waals surface area contributed by atoms with Crippen molar-refractivity contribution < 1.29 is 4.79 Å². The van der Waals surface area contributed by atoms with Crippen LogP contribution in [0.4, 0.5) is 0 Å². The van der Waals surface area contributed by atoms with E-state index in [4.69, 9.17) is 5.26 Å². The fourth-order valence-electron chi connectivity index (χ4n) is 4.18. The van der Waals surface area contributed by atoms with Gasteiger partial charge in [-0.25, -0.2) is 9.67 Å². The van der Waals surface area contributed by atoms with Crippen molar-refractivity contribution in [3.8, 4) is 6.07 Å². The summed E-state index contributed by atoms with van der Waals surface area (Å²) in [4.78, 5) is 35.4. The Balaban J connectivity index is 1.72. The maximum absolute atomic E-state index is 13.3. The fourth-order valence-corrected chi connectivity index (χ4v) is 4.18. The summed E-state index contributed by atoms with van der Waals surface area (Å²) in [6.07, 6.45) is 5.03. The van der Waals surface area contributed by atoms with Crippen LogP contribution >= 0.6 is 0 Å². The highest BCUT2D eigenvalue weighted by atomic mass is 16.2. The predicted molar refractivity (Wildman–Crippen MR) is 104 cm³/mol. The standard InChI is InChI=1S/C20H18N6O2/c1-10(2)16(20(28)25-8-11(5-21)9-25)26-17-13(7-24-26)12-3-4-22-19-15(12)14(6-23-19)18(17)27/h3-4,6-7,10-11,16H,8-9H2,1-2H3,(H,22,23). The Hall–Kier alpha value is -3.47. The molecule has 1 amide bonds. The zero-order chi connectivity index (χ0) is 19.6. The van der Waals surface area contributed by atoms with E-state index in [1.807, 2.05) is 19.9 Å². The molecule has 3 aromatic heterocycles. The summed E-state index contributed by atoms with van der Waals surface area (Å²) in [5, 5.41) is 16.4. The lowest BCUT2D eigenvalue weighted by atomic mass is 9.96. The van der Waals surface area contributed by atoms with Crippen molar-refractivity contribution in [1.29, 1.82) is 5.26 Å². The highest BCUT2D eigenvalue weighted by Gasteiger charge is 2.38. The van der Waals surface area contributed by atoms with Crippen LogP contribution < -0.4 is 5.43 Å². The van der Waals surface area contributed by atoms with Crippen LogP contribution in [-0.4, -0.2) is 43.6 Å². The fraction of sp³-hybridized carbons (Fsp3) is 0.350. The molecular weight excluding hydrogens is 356 g/mol. The van der Waals surface area contributed by atoms with Crippen LogP contribution in [0.1, 0.15) is 19.9 Å². The second kappa shape index (κ2) is 5.76. The quantitative estimate of drug-likeness (QED) is 0.590. The summed E-state index contributed by atoms with van der Waals surface area (Å²) in [7, 11) is 0. The maximum atomic E-state index is 13.3. The average Bonchev–Trinajstić information content (AvgIpc) is 3.24. The van der Waals surface area contributed by atoms with Gasteiger partial charge < -0.3 is 9.88 Å². The molecule has 8 nitrogen and oxygen atoms in total. The lowest BCUT2D eigenvalue weighted by Crippen LogP contribution is -2.52. The average molecular weight is 374 g/mol. The first-order valence-electron chi connectivity index (χ1n) is 9.28. The second-order valence-electron chi connectivity index (χ2n) is 7.73. The van der Waals surface area contributed by atoms with Gasteiger partial charge in [-0.1, -0.05) is 13.8 Å². The number of H-pyrrole nitrogens is 1. The Morgan fingerprint density at radius 2 is 2.07 bits per heavy atom. The SMILES string of the molecule is CC(C)C(C(=O)N1CC(C#N)C1)n1ncc2c3cc[nH]c4ncc(c(=O)c21)c43. The van der Waals surface area contributed by atoms with E-state index in [0.717, 1.165) is 16.2 Å². The second-order valence-corrected chi connectivity index (χ2v) is 7.73. The summed E-state index contributed by atoms with van der Waals surface area (Å²) < 4.78 is 1.57. The van der Waals surface area contributed by atoms with E-state index in [0.29, 0.717) is 29.6 Å². The number of benzene rings is 1. The summed E-state index contributed by atoms with van der Waals surface area (Å²) in [6, 6.07) is 3.50. The molecule has 4 aromatic rings. The zero-order valence-electron chi connectivity index (χ0n) is 15.5. The van der Waals surface area contributed by atoms with Gasteiger partial charge in [0.05, 0.1) is 23.6 Å². The number of nitriles is 1. The number of nitrogens with zero attached hydrogens (tertiary/aromatic N) is 5. The van der Waals surface area contributed by atoms with Crippen molar-refractivity contribution in [2.75, 3.05) is 13.1 Å². The zero-order valence-corrected chi connectivity index (χ0v) is 15.5. The molecule has 5 rings (SSSR count). The molecule has 1 saturated heterocycles. The number of aromatic amines is 1. The van der Waals surface area contributed by atoms with Gasteiger partial charge in [-0.2, -0.15) is 10.4 Å². The Kier molecular flexibility index (Phi) is 3.43. The highest BCUT2D eigenvalue weighted by Crippen LogP contribution is 2.32. The third kappa shape index (κ3) is 2.10. The van der Waals surface area contributed by atoms with Crippen LogP contribution in [0.3, 0.4) is 0 Å². The molecular formula is C20H18N6O2. The lowest BCUT2D eigenvalue weighted by molar-refractivity contribution is -0.141. The molecule has 0 aliphatic carbocycles. The Morgan fingerprint density at radius 3 is 2.79 bits per heavy atom.